The lowest BCUT2D eigenvalue weighted by atomic mass is 10.1. The first-order valence-electron chi connectivity index (χ1n) is 11.5. The molecule has 13 nitrogen and oxygen atoms in total. The molecule has 2 heterocycles. The van der Waals surface area contributed by atoms with E-state index in [0.717, 1.165) is 5.56 Å². The lowest BCUT2D eigenvalue weighted by Crippen LogP contribution is -2.35. The molecule has 2 aliphatic rings. The Morgan fingerprint density at radius 2 is 1.89 bits per heavy atom. The van der Waals surface area contributed by atoms with Crippen molar-refractivity contribution in [1.29, 1.82) is 0 Å². The number of hydrogen-bond acceptors (Lipinski definition) is 10. The summed E-state index contributed by atoms with van der Waals surface area (Å²) in [6, 6.07) is 3.46. The molecule has 1 amide bonds. The maximum Gasteiger partial charge on any atom is 0.407 e. The number of hydrogen-bond donors (Lipinski definition) is 6. The third-order valence-corrected chi connectivity index (χ3v) is 5.30. The summed E-state index contributed by atoms with van der Waals surface area (Å²) in [7, 11) is 0. The quantitative estimate of drug-likeness (QED) is 0.170. The third kappa shape index (κ3) is 6.56. The van der Waals surface area contributed by atoms with Crippen LogP contribution in [0.5, 0.6) is 0 Å². The maximum atomic E-state index is 12.4. The third-order valence-electron chi connectivity index (χ3n) is 5.30. The summed E-state index contributed by atoms with van der Waals surface area (Å²) in [4.78, 5) is 46.5. The fourth-order valence-electron chi connectivity index (χ4n) is 3.63. The van der Waals surface area contributed by atoms with Gasteiger partial charge in [0.05, 0.1) is 29.8 Å². The smallest absolute Gasteiger partial charge is 0.407 e. The fraction of sp³-hybridized carbons (Fsp3) is 0.522. The van der Waals surface area contributed by atoms with E-state index >= 15 is 0 Å². The lowest BCUT2D eigenvalue weighted by Gasteiger charge is -2.23. The van der Waals surface area contributed by atoms with Crippen LogP contribution in [0.15, 0.2) is 21.7 Å². The molecule has 2 unspecified atom stereocenters. The van der Waals surface area contributed by atoms with Crippen LogP contribution in [0.1, 0.15) is 32.8 Å². The maximum absolute atomic E-state index is 12.4. The predicted molar refractivity (Wildman–Crippen MR) is 132 cm³/mol. The van der Waals surface area contributed by atoms with Crippen molar-refractivity contribution in [2.24, 2.45) is 0 Å². The molecule has 1 aromatic rings. The molecule has 0 fully saturated rings. The number of aromatic nitrogens is 4. The number of H-pyrrole nitrogens is 1. The number of alkyl carbamates (subject to hydrolysis) is 1. The van der Waals surface area contributed by atoms with Crippen molar-refractivity contribution < 1.29 is 24.9 Å². The molecule has 3 rings (SSSR count). The number of ether oxygens (including phenoxy) is 1. The standard InChI is InChI=1S/C23H32N6O7/c1-12-9-14-15(10-13(12)24-6-7-25-22(35)36-23(2,3)4)29(11-17(32)16(31)5-8-30)19-18(26-14)20(33)28-21(34)27-19/h9-10,16-17,24,30-32H,5-8,11H2,1-4H3,(H,25,35)(H,28,33,34). The van der Waals surface area contributed by atoms with Crippen molar-refractivity contribution in [3.8, 4) is 11.5 Å². The van der Waals surface area contributed by atoms with Crippen LogP contribution < -0.4 is 21.9 Å². The largest absolute Gasteiger partial charge is 0.444 e. The lowest BCUT2D eigenvalue weighted by molar-refractivity contribution is -0.00282. The van der Waals surface area contributed by atoms with Gasteiger partial charge in [0.15, 0.2) is 11.5 Å². The number of rotatable bonds is 9. The van der Waals surface area contributed by atoms with Crippen LogP contribution in [0, 0.1) is 6.92 Å². The van der Waals surface area contributed by atoms with Crippen molar-refractivity contribution in [2.75, 3.05) is 25.0 Å². The highest BCUT2D eigenvalue weighted by atomic mass is 16.6. The van der Waals surface area contributed by atoms with E-state index in [1.807, 2.05) is 6.92 Å². The summed E-state index contributed by atoms with van der Waals surface area (Å²) in [6.45, 7) is 7.26. The van der Waals surface area contributed by atoms with Gasteiger partial charge in [0.25, 0.3) is 5.56 Å². The summed E-state index contributed by atoms with van der Waals surface area (Å²) in [6.07, 6.45) is -3.15. The highest BCUT2D eigenvalue weighted by Gasteiger charge is 2.24. The monoisotopic (exact) mass is 504 g/mol. The van der Waals surface area contributed by atoms with E-state index in [2.05, 4.69) is 25.6 Å². The van der Waals surface area contributed by atoms with Crippen LogP contribution in [0.3, 0.4) is 0 Å². The van der Waals surface area contributed by atoms with Crippen LogP contribution in [0.2, 0.25) is 0 Å². The molecular formula is C23H32N6O7. The molecule has 6 N–H and O–H groups in total. The van der Waals surface area contributed by atoms with E-state index in [-0.39, 0.29) is 37.6 Å². The van der Waals surface area contributed by atoms with Crippen molar-refractivity contribution in [3.05, 3.63) is 38.5 Å². The molecule has 196 valence electrons. The highest BCUT2D eigenvalue weighted by Crippen LogP contribution is 2.27. The molecule has 0 spiro atoms. The number of carbonyl (C=O) groups excluding carboxylic acids is 1. The molecular weight excluding hydrogens is 472 g/mol. The number of benzene rings is 1. The second kappa shape index (κ2) is 11.0. The Balaban J connectivity index is 1.96. The Bertz CT molecular complexity index is 1310. The van der Waals surface area contributed by atoms with Crippen molar-refractivity contribution in [3.63, 3.8) is 0 Å². The topological polar surface area (TPSA) is 192 Å². The number of fused-ring (bicyclic) bond motifs is 2. The molecule has 0 bridgehead atoms. The summed E-state index contributed by atoms with van der Waals surface area (Å²) >= 11 is 0. The van der Waals surface area contributed by atoms with Gasteiger partial charge in [0, 0.05) is 25.4 Å². The SMILES string of the molecule is Cc1cc2nc3c(=O)[nH]c(=O)nc-3n(CC(O)C(O)CCO)c2cc1NCCNC(=O)OC(C)(C)C. The number of amides is 1. The van der Waals surface area contributed by atoms with Crippen molar-refractivity contribution >= 4 is 22.8 Å². The Labute approximate surface area is 206 Å². The minimum absolute atomic E-state index is 0.0482. The number of aliphatic hydroxyl groups excluding tert-OH is 3. The Morgan fingerprint density at radius 3 is 2.56 bits per heavy atom. The van der Waals surface area contributed by atoms with Gasteiger partial charge in [-0.2, -0.15) is 4.98 Å². The van der Waals surface area contributed by atoms with Crippen LogP contribution in [0.4, 0.5) is 10.5 Å². The minimum Gasteiger partial charge on any atom is -0.444 e. The zero-order chi connectivity index (χ0) is 26.6. The minimum atomic E-state index is -1.32. The Morgan fingerprint density at radius 1 is 1.17 bits per heavy atom. The average molecular weight is 505 g/mol. The summed E-state index contributed by atoms with van der Waals surface area (Å²) in [5, 5.41) is 35.6. The van der Waals surface area contributed by atoms with Crippen LogP contribution >= 0.6 is 0 Å². The van der Waals surface area contributed by atoms with Crippen molar-refractivity contribution in [2.45, 2.75) is 58.5 Å². The van der Waals surface area contributed by atoms with E-state index < -0.39 is 35.2 Å². The van der Waals surface area contributed by atoms with Gasteiger partial charge in [0.2, 0.25) is 0 Å². The molecule has 0 radical (unpaired) electrons. The van der Waals surface area contributed by atoms with Gasteiger partial charge in [-0.05, 0) is 51.8 Å². The number of nitrogens with one attached hydrogen (secondary N) is 3. The zero-order valence-electron chi connectivity index (χ0n) is 20.7. The van der Waals surface area contributed by atoms with E-state index in [9.17, 15) is 24.6 Å². The van der Waals surface area contributed by atoms with E-state index in [1.165, 1.54) is 4.57 Å². The molecule has 0 aliphatic carbocycles. The van der Waals surface area contributed by atoms with Gasteiger partial charge in [-0.15, -0.1) is 0 Å². The van der Waals surface area contributed by atoms with Gasteiger partial charge in [-0.1, -0.05) is 0 Å². The number of aromatic amines is 1. The van der Waals surface area contributed by atoms with Gasteiger partial charge < -0.3 is 35.3 Å². The highest BCUT2D eigenvalue weighted by molar-refractivity contribution is 5.84. The first-order valence-corrected chi connectivity index (χ1v) is 11.5. The summed E-state index contributed by atoms with van der Waals surface area (Å²) < 4.78 is 6.66. The molecule has 0 saturated carbocycles. The molecule has 13 heteroatoms. The molecule has 0 saturated heterocycles. The average Bonchev–Trinajstić information content (AvgIpc) is 2.76. The number of carbonyl (C=O) groups is 1. The second-order valence-electron chi connectivity index (χ2n) is 9.42. The number of aliphatic hydroxyl groups is 3. The van der Waals surface area contributed by atoms with Gasteiger partial charge in [-0.25, -0.2) is 14.6 Å². The van der Waals surface area contributed by atoms with Crippen LogP contribution in [0.25, 0.3) is 22.6 Å². The first-order chi connectivity index (χ1) is 16.9. The van der Waals surface area contributed by atoms with Gasteiger partial charge in [0.1, 0.15) is 5.60 Å². The van der Waals surface area contributed by atoms with E-state index in [1.54, 1.807) is 32.9 Å². The zero-order valence-corrected chi connectivity index (χ0v) is 20.7. The summed E-state index contributed by atoms with van der Waals surface area (Å²) in [5.41, 5.74) is 0.0453. The van der Waals surface area contributed by atoms with Crippen LogP contribution in [-0.2, 0) is 11.3 Å². The fourth-order valence-corrected chi connectivity index (χ4v) is 3.63. The molecule has 1 aromatic carbocycles. The molecule has 36 heavy (non-hydrogen) atoms. The van der Waals surface area contributed by atoms with Gasteiger partial charge in [-0.3, -0.25) is 9.78 Å². The summed E-state index contributed by atoms with van der Waals surface area (Å²) in [5.74, 6) is -0.0482. The Kier molecular flexibility index (Phi) is 8.28. The number of aryl methyl sites for hydroxylation is 1. The molecule has 2 aliphatic heterocycles. The normalized spacial score (nSPS) is 13.5. The number of nitrogens with zero attached hydrogens (tertiary/aromatic N) is 3. The Hall–Kier alpha value is -3.55. The van der Waals surface area contributed by atoms with Crippen LogP contribution in [-0.4, -0.2) is 78.4 Å². The molecule has 2 atom stereocenters. The molecule has 0 aromatic heterocycles. The predicted octanol–water partition coefficient (Wildman–Crippen LogP) is -0.0662. The van der Waals surface area contributed by atoms with E-state index in [0.29, 0.717) is 23.3 Å². The van der Waals surface area contributed by atoms with Gasteiger partial charge >= 0.3 is 11.8 Å². The first kappa shape index (κ1) is 27.0. The van der Waals surface area contributed by atoms with E-state index in [4.69, 9.17) is 9.84 Å². The second-order valence-corrected chi connectivity index (χ2v) is 9.42. The van der Waals surface area contributed by atoms with Crippen molar-refractivity contribution in [1.82, 2.24) is 24.8 Å². The number of anilines is 1.